The molecule has 0 aliphatic heterocycles. The molecule has 0 saturated heterocycles. The van der Waals surface area contributed by atoms with Crippen LogP contribution in [0.5, 0.6) is 0 Å². The Kier molecular flexibility index (Phi) is 4.28. The summed E-state index contributed by atoms with van der Waals surface area (Å²) < 4.78 is 27.1. The first-order valence-corrected chi connectivity index (χ1v) is 6.88. The van der Waals surface area contributed by atoms with E-state index in [1.807, 2.05) is 6.92 Å². The zero-order valence-corrected chi connectivity index (χ0v) is 7.45. The molecule has 0 spiro atoms. The molecule has 0 aromatic rings. The van der Waals surface area contributed by atoms with Crippen LogP contribution in [0, 0.1) is 0 Å². The molecule has 0 amide bonds. The first kappa shape index (κ1) is 9.28. The Balaban J connectivity index is 3.18. The van der Waals surface area contributed by atoms with Gasteiger partial charge >= 0.3 is 57.5 Å². The van der Waals surface area contributed by atoms with Gasteiger partial charge in [0.2, 0.25) is 0 Å². The number of unbranched alkanes of at least 4 members (excludes halogenated alkanes) is 2. The molecule has 0 radical (unpaired) electrons. The van der Waals surface area contributed by atoms with Crippen LogP contribution in [-0.2, 0) is 3.74 Å². The van der Waals surface area contributed by atoms with Gasteiger partial charge in [0.25, 0.3) is 0 Å². The molecule has 0 aromatic carbocycles. The van der Waals surface area contributed by atoms with Gasteiger partial charge < -0.3 is 0 Å². The monoisotopic (exact) mass is 196 g/mol. The molecular formula is C5H13AsO3. The first-order chi connectivity index (χ1) is 4.06. The van der Waals surface area contributed by atoms with E-state index >= 15 is 0 Å². The third-order valence-corrected chi connectivity index (χ3v) is 2.94. The molecular weight excluding hydrogens is 183 g/mol. The van der Waals surface area contributed by atoms with Gasteiger partial charge in [-0.2, -0.15) is 0 Å². The van der Waals surface area contributed by atoms with Crippen molar-refractivity contribution in [2.45, 2.75) is 31.4 Å². The van der Waals surface area contributed by atoms with E-state index in [0.29, 0.717) is 6.42 Å². The Hall–Kier alpha value is 0.278. The van der Waals surface area contributed by atoms with E-state index in [9.17, 15) is 3.74 Å². The summed E-state index contributed by atoms with van der Waals surface area (Å²) in [7, 11) is 0. The number of rotatable bonds is 4. The van der Waals surface area contributed by atoms with Crippen molar-refractivity contribution in [3.05, 3.63) is 0 Å². The van der Waals surface area contributed by atoms with Crippen molar-refractivity contribution in [2.75, 3.05) is 0 Å². The molecule has 0 saturated carbocycles. The normalized spacial score (nSPS) is 11.9. The molecule has 0 aromatic heterocycles. The summed E-state index contributed by atoms with van der Waals surface area (Å²) in [5, 5.41) is 0.103. The summed E-state index contributed by atoms with van der Waals surface area (Å²) in [6.45, 7) is 2.01. The summed E-state index contributed by atoms with van der Waals surface area (Å²) in [5.74, 6) is 0. The summed E-state index contributed by atoms with van der Waals surface area (Å²) in [6.07, 6.45) is 2.60. The van der Waals surface area contributed by atoms with Crippen molar-refractivity contribution < 1.29 is 11.9 Å². The fourth-order valence-electron chi connectivity index (χ4n) is 0.568. The van der Waals surface area contributed by atoms with E-state index in [0.717, 1.165) is 12.8 Å². The molecule has 0 heterocycles. The average Bonchev–Trinajstić information content (AvgIpc) is 1.63. The Morgan fingerprint density at radius 1 is 1.33 bits per heavy atom. The molecule has 0 aliphatic rings. The third kappa shape index (κ3) is 8.28. The SMILES string of the molecule is CCCCC[As](=O)(O)O. The average molecular weight is 196 g/mol. The van der Waals surface area contributed by atoms with E-state index in [1.165, 1.54) is 0 Å². The van der Waals surface area contributed by atoms with E-state index in [-0.39, 0.29) is 5.21 Å². The summed E-state index contributed by atoms with van der Waals surface area (Å²) in [5.41, 5.74) is 0. The second-order valence-corrected chi connectivity index (χ2v) is 5.82. The molecule has 2 N–H and O–H groups in total. The number of hydrogen-bond acceptors (Lipinski definition) is 1. The van der Waals surface area contributed by atoms with Gasteiger partial charge in [-0.3, -0.25) is 0 Å². The standard InChI is InChI=1S/C5H13AsO3/c1-2-3-4-5-6(7,8)9/h2-5H2,1H3,(H2,7,8,9). The Labute approximate surface area is 58.1 Å². The number of hydrogen-bond donors (Lipinski definition) is 2. The quantitative estimate of drug-likeness (QED) is 0.509. The van der Waals surface area contributed by atoms with Crippen LogP contribution in [-0.4, -0.2) is 22.4 Å². The molecule has 0 aliphatic carbocycles. The Morgan fingerprint density at radius 3 is 2.22 bits per heavy atom. The van der Waals surface area contributed by atoms with Crippen LogP contribution in [0.1, 0.15) is 26.2 Å². The Bertz CT molecular complexity index is 107. The van der Waals surface area contributed by atoms with Crippen molar-refractivity contribution in [1.82, 2.24) is 0 Å². The second-order valence-electron chi connectivity index (χ2n) is 2.10. The van der Waals surface area contributed by atoms with Gasteiger partial charge in [-0.1, -0.05) is 0 Å². The van der Waals surface area contributed by atoms with E-state index in [1.54, 1.807) is 0 Å². The summed E-state index contributed by atoms with van der Waals surface area (Å²) in [6, 6.07) is 0. The van der Waals surface area contributed by atoms with Gasteiger partial charge in [-0.25, -0.2) is 0 Å². The molecule has 0 bridgehead atoms. The van der Waals surface area contributed by atoms with Crippen molar-refractivity contribution in [1.29, 1.82) is 0 Å². The van der Waals surface area contributed by atoms with Gasteiger partial charge in [0.15, 0.2) is 0 Å². The van der Waals surface area contributed by atoms with Gasteiger partial charge in [0.05, 0.1) is 0 Å². The minimum absolute atomic E-state index is 0.103. The van der Waals surface area contributed by atoms with Crippen LogP contribution in [0.2, 0.25) is 5.21 Å². The van der Waals surface area contributed by atoms with Gasteiger partial charge in [-0.15, -0.1) is 0 Å². The van der Waals surface area contributed by atoms with Gasteiger partial charge in [-0.05, 0) is 0 Å². The van der Waals surface area contributed by atoms with Gasteiger partial charge in [0, 0.05) is 0 Å². The van der Waals surface area contributed by atoms with Crippen LogP contribution in [0.4, 0.5) is 0 Å². The van der Waals surface area contributed by atoms with Crippen LogP contribution in [0.25, 0.3) is 0 Å². The van der Waals surface area contributed by atoms with Gasteiger partial charge in [0.1, 0.15) is 0 Å². The molecule has 56 valence electrons. The van der Waals surface area contributed by atoms with Crippen LogP contribution >= 0.6 is 0 Å². The van der Waals surface area contributed by atoms with E-state index in [4.69, 9.17) is 8.19 Å². The fraction of sp³-hybridized carbons (Fsp3) is 1.00. The summed E-state index contributed by atoms with van der Waals surface area (Å²) >= 11 is -4.24. The molecule has 0 fully saturated rings. The zero-order valence-electron chi connectivity index (χ0n) is 5.58. The van der Waals surface area contributed by atoms with Crippen molar-refractivity contribution >= 4 is 14.2 Å². The Morgan fingerprint density at radius 2 is 1.89 bits per heavy atom. The van der Waals surface area contributed by atoms with Crippen molar-refractivity contribution in [2.24, 2.45) is 0 Å². The maximum atomic E-state index is 10.3. The first-order valence-electron chi connectivity index (χ1n) is 3.11. The fourth-order valence-corrected chi connectivity index (χ4v) is 1.90. The van der Waals surface area contributed by atoms with Crippen molar-refractivity contribution in [3.8, 4) is 0 Å². The van der Waals surface area contributed by atoms with E-state index < -0.39 is 14.2 Å². The van der Waals surface area contributed by atoms with E-state index in [2.05, 4.69) is 0 Å². The predicted molar refractivity (Wildman–Crippen MR) is 35.2 cm³/mol. The molecule has 0 atom stereocenters. The molecule has 0 rings (SSSR count). The molecule has 3 nitrogen and oxygen atoms in total. The third-order valence-electron chi connectivity index (χ3n) is 1.05. The topological polar surface area (TPSA) is 57.5 Å². The summed E-state index contributed by atoms with van der Waals surface area (Å²) in [4.78, 5) is 0. The molecule has 9 heavy (non-hydrogen) atoms. The maximum absolute atomic E-state index is 10.3. The molecule has 0 unspecified atom stereocenters. The van der Waals surface area contributed by atoms with Crippen molar-refractivity contribution in [3.63, 3.8) is 0 Å². The van der Waals surface area contributed by atoms with Crippen LogP contribution < -0.4 is 0 Å². The predicted octanol–water partition coefficient (Wildman–Crippen LogP) is 0.531. The zero-order chi connectivity index (χ0) is 7.33. The minimum atomic E-state index is -4.24. The van der Waals surface area contributed by atoms with Crippen LogP contribution in [0.15, 0.2) is 0 Å². The molecule has 4 heteroatoms. The van der Waals surface area contributed by atoms with Crippen LogP contribution in [0.3, 0.4) is 0 Å². The second kappa shape index (κ2) is 4.15.